The summed E-state index contributed by atoms with van der Waals surface area (Å²) in [6.07, 6.45) is 2.79. The molecule has 0 N–H and O–H groups in total. The van der Waals surface area contributed by atoms with Crippen LogP contribution < -0.4 is 0 Å². The van der Waals surface area contributed by atoms with Gasteiger partial charge < -0.3 is 9.80 Å². The maximum absolute atomic E-state index is 13.5. The van der Waals surface area contributed by atoms with Crippen LogP contribution in [0.25, 0.3) is 5.69 Å². The fourth-order valence-corrected chi connectivity index (χ4v) is 4.03. The number of nitro groups is 1. The molecule has 0 unspecified atom stereocenters. The van der Waals surface area contributed by atoms with E-state index in [-0.39, 0.29) is 11.6 Å². The van der Waals surface area contributed by atoms with Gasteiger partial charge in [0.15, 0.2) is 0 Å². The fourth-order valence-electron chi connectivity index (χ4n) is 4.03. The summed E-state index contributed by atoms with van der Waals surface area (Å²) in [6.45, 7) is 8.46. The van der Waals surface area contributed by atoms with E-state index in [2.05, 4.69) is 11.8 Å². The quantitative estimate of drug-likeness (QED) is 0.553. The van der Waals surface area contributed by atoms with Crippen molar-refractivity contribution in [3.63, 3.8) is 0 Å². The largest absolute Gasteiger partial charge is 0.336 e. The molecule has 2 heterocycles. The number of likely N-dealkylation sites (N-methyl/N-ethyl adjacent to an activating group) is 1. The predicted molar refractivity (Wildman–Crippen MR) is 110 cm³/mol. The molecule has 2 aliphatic rings. The van der Waals surface area contributed by atoms with E-state index in [1.54, 1.807) is 12.1 Å². The molecule has 8 nitrogen and oxygen atoms in total. The van der Waals surface area contributed by atoms with Crippen LogP contribution in [-0.4, -0.2) is 63.1 Å². The second-order valence-corrected chi connectivity index (χ2v) is 7.75. The zero-order valence-electron chi connectivity index (χ0n) is 17.0. The van der Waals surface area contributed by atoms with Crippen molar-refractivity contribution in [2.75, 3.05) is 32.7 Å². The third-order valence-electron chi connectivity index (χ3n) is 5.93. The third-order valence-corrected chi connectivity index (χ3v) is 5.93. The fraction of sp³-hybridized carbons (Fsp3) is 0.524. The Balaban J connectivity index is 1.70. The molecule has 1 saturated heterocycles. The maximum atomic E-state index is 13.5. The molecule has 1 amide bonds. The second-order valence-electron chi connectivity index (χ2n) is 7.75. The number of carbonyl (C=O) groups excluding carboxylic acids is 1. The van der Waals surface area contributed by atoms with Gasteiger partial charge in [-0.15, -0.1) is 0 Å². The highest BCUT2D eigenvalue weighted by Crippen LogP contribution is 2.42. The molecule has 8 heteroatoms. The van der Waals surface area contributed by atoms with E-state index in [9.17, 15) is 14.9 Å². The number of benzene rings is 1. The SMILES string of the molecule is CCc1c(C(=O)N2CCN(CC)CC2)c(C2CC2)nn1-c1ccc([N+](=O)[O-])cc1. The Morgan fingerprint density at radius 3 is 2.31 bits per heavy atom. The van der Waals surface area contributed by atoms with Crippen LogP contribution in [0.3, 0.4) is 0 Å². The van der Waals surface area contributed by atoms with Crippen molar-refractivity contribution in [1.29, 1.82) is 0 Å². The number of nitro benzene ring substituents is 1. The van der Waals surface area contributed by atoms with Gasteiger partial charge >= 0.3 is 0 Å². The molecule has 0 bridgehead atoms. The zero-order chi connectivity index (χ0) is 20.5. The van der Waals surface area contributed by atoms with E-state index in [4.69, 9.17) is 5.10 Å². The monoisotopic (exact) mass is 397 g/mol. The van der Waals surface area contributed by atoms with Crippen LogP contribution >= 0.6 is 0 Å². The van der Waals surface area contributed by atoms with Crippen molar-refractivity contribution in [3.8, 4) is 5.69 Å². The van der Waals surface area contributed by atoms with Crippen LogP contribution in [0.2, 0.25) is 0 Å². The van der Waals surface area contributed by atoms with Crippen LogP contribution in [0.5, 0.6) is 0 Å². The average Bonchev–Trinajstić information content (AvgIpc) is 3.53. The van der Waals surface area contributed by atoms with Crippen LogP contribution in [-0.2, 0) is 6.42 Å². The topological polar surface area (TPSA) is 84.5 Å². The van der Waals surface area contributed by atoms with E-state index >= 15 is 0 Å². The van der Waals surface area contributed by atoms with Gasteiger partial charge in [0.1, 0.15) is 0 Å². The maximum Gasteiger partial charge on any atom is 0.269 e. The zero-order valence-corrected chi connectivity index (χ0v) is 17.0. The Morgan fingerprint density at radius 1 is 1.14 bits per heavy atom. The first-order valence-electron chi connectivity index (χ1n) is 10.4. The van der Waals surface area contributed by atoms with Crippen molar-refractivity contribution in [3.05, 3.63) is 51.3 Å². The first kappa shape index (κ1) is 19.6. The van der Waals surface area contributed by atoms with Gasteiger partial charge in [0.25, 0.3) is 11.6 Å². The highest BCUT2D eigenvalue weighted by molar-refractivity contribution is 5.97. The number of nitrogens with zero attached hydrogens (tertiary/aromatic N) is 5. The summed E-state index contributed by atoms with van der Waals surface area (Å²) in [5.74, 6) is 0.420. The number of hydrogen-bond donors (Lipinski definition) is 0. The predicted octanol–water partition coefficient (Wildman–Crippen LogP) is 3.00. The first-order valence-corrected chi connectivity index (χ1v) is 10.4. The number of amides is 1. The number of hydrogen-bond acceptors (Lipinski definition) is 5. The normalized spacial score (nSPS) is 17.5. The molecule has 1 aliphatic heterocycles. The van der Waals surface area contributed by atoms with Gasteiger partial charge in [0.2, 0.25) is 0 Å². The molecular weight excluding hydrogens is 370 g/mol. The van der Waals surface area contributed by atoms with Crippen LogP contribution in [0.15, 0.2) is 24.3 Å². The van der Waals surface area contributed by atoms with Crippen molar-refractivity contribution in [1.82, 2.24) is 19.6 Å². The molecule has 1 aromatic carbocycles. The van der Waals surface area contributed by atoms with E-state index in [0.717, 1.165) is 68.2 Å². The first-order chi connectivity index (χ1) is 14.0. The van der Waals surface area contributed by atoms with Crippen LogP contribution in [0.4, 0.5) is 5.69 Å². The Hall–Kier alpha value is -2.74. The summed E-state index contributed by atoms with van der Waals surface area (Å²) in [6, 6.07) is 6.38. The molecular formula is C21H27N5O3. The molecule has 1 saturated carbocycles. The number of piperazine rings is 1. The van der Waals surface area contributed by atoms with Crippen molar-refractivity contribution in [2.24, 2.45) is 0 Å². The Kier molecular flexibility index (Phi) is 5.36. The lowest BCUT2D eigenvalue weighted by Gasteiger charge is -2.34. The van der Waals surface area contributed by atoms with E-state index in [1.807, 2.05) is 16.5 Å². The minimum absolute atomic E-state index is 0.0477. The van der Waals surface area contributed by atoms with Crippen LogP contribution in [0.1, 0.15) is 54.4 Å². The summed E-state index contributed by atoms with van der Waals surface area (Å²) < 4.78 is 1.81. The summed E-state index contributed by atoms with van der Waals surface area (Å²) >= 11 is 0. The van der Waals surface area contributed by atoms with Gasteiger partial charge in [0.05, 0.1) is 27.6 Å². The number of rotatable bonds is 6. The minimum Gasteiger partial charge on any atom is -0.336 e. The molecule has 1 aromatic heterocycles. The lowest BCUT2D eigenvalue weighted by molar-refractivity contribution is -0.384. The Morgan fingerprint density at radius 2 is 1.79 bits per heavy atom. The number of aromatic nitrogens is 2. The summed E-state index contributed by atoms with van der Waals surface area (Å²) in [5, 5.41) is 15.8. The Labute approximate surface area is 170 Å². The molecule has 4 rings (SSSR count). The highest BCUT2D eigenvalue weighted by atomic mass is 16.6. The molecule has 29 heavy (non-hydrogen) atoms. The van der Waals surface area contributed by atoms with E-state index < -0.39 is 4.92 Å². The minimum atomic E-state index is -0.409. The smallest absolute Gasteiger partial charge is 0.269 e. The Bertz CT molecular complexity index is 909. The van der Waals surface area contributed by atoms with E-state index in [1.165, 1.54) is 12.1 Å². The molecule has 2 fully saturated rings. The molecule has 2 aromatic rings. The van der Waals surface area contributed by atoms with Gasteiger partial charge in [-0.3, -0.25) is 14.9 Å². The lowest BCUT2D eigenvalue weighted by atomic mass is 10.1. The van der Waals surface area contributed by atoms with Crippen molar-refractivity contribution < 1.29 is 9.72 Å². The van der Waals surface area contributed by atoms with Crippen LogP contribution in [0, 0.1) is 10.1 Å². The third kappa shape index (κ3) is 3.76. The summed E-state index contributed by atoms with van der Waals surface area (Å²) in [7, 11) is 0. The molecule has 1 aliphatic carbocycles. The van der Waals surface area contributed by atoms with E-state index in [0.29, 0.717) is 12.3 Å². The second kappa shape index (κ2) is 7.94. The summed E-state index contributed by atoms with van der Waals surface area (Å²) in [5.41, 5.74) is 3.33. The number of carbonyl (C=O) groups is 1. The average molecular weight is 397 g/mol. The lowest BCUT2D eigenvalue weighted by Crippen LogP contribution is -2.48. The molecule has 0 radical (unpaired) electrons. The highest BCUT2D eigenvalue weighted by Gasteiger charge is 2.36. The van der Waals surface area contributed by atoms with Gasteiger partial charge in [-0.25, -0.2) is 4.68 Å². The van der Waals surface area contributed by atoms with Gasteiger partial charge in [0, 0.05) is 44.2 Å². The molecule has 0 atom stereocenters. The summed E-state index contributed by atoms with van der Waals surface area (Å²) in [4.78, 5) is 28.3. The molecule has 0 spiro atoms. The van der Waals surface area contributed by atoms with Gasteiger partial charge in [-0.2, -0.15) is 5.10 Å². The number of non-ortho nitro benzene ring substituents is 1. The van der Waals surface area contributed by atoms with Crippen molar-refractivity contribution in [2.45, 2.75) is 39.0 Å². The molecule has 154 valence electrons. The standard InChI is InChI=1S/C21H27N5O3/c1-3-18-19(21(27)24-13-11-23(4-2)12-14-24)20(15-5-6-15)22-25(18)16-7-9-17(10-8-16)26(28)29/h7-10,15H,3-6,11-14H2,1-2H3. The van der Waals surface area contributed by atoms with Gasteiger partial charge in [-0.05, 0) is 37.9 Å². The van der Waals surface area contributed by atoms with Crippen molar-refractivity contribution >= 4 is 11.6 Å². The van der Waals surface area contributed by atoms with Gasteiger partial charge in [-0.1, -0.05) is 13.8 Å².